The van der Waals surface area contributed by atoms with E-state index in [2.05, 4.69) is 6.92 Å². The second-order valence-electron chi connectivity index (χ2n) is 7.20. The number of nitrogens with zero attached hydrogens (tertiary/aromatic N) is 2. The first-order valence-corrected chi connectivity index (χ1v) is 11.0. The maximum Gasteiger partial charge on any atom is 0.311 e. The Balaban J connectivity index is 1.76. The molecule has 0 aliphatic carbocycles. The molecule has 0 amide bonds. The lowest BCUT2D eigenvalue weighted by atomic mass is 10.1. The molecule has 7 nitrogen and oxygen atoms in total. The van der Waals surface area contributed by atoms with Crippen molar-refractivity contribution in [1.82, 2.24) is 0 Å². The van der Waals surface area contributed by atoms with Crippen LogP contribution in [-0.2, 0) is 9.84 Å². The van der Waals surface area contributed by atoms with Gasteiger partial charge in [0.1, 0.15) is 22.4 Å². The Morgan fingerprint density at radius 3 is 2.36 bits per heavy atom. The first-order chi connectivity index (χ1) is 13.2. The number of piperidine rings is 1. The predicted molar refractivity (Wildman–Crippen MR) is 108 cm³/mol. The number of nitro benzene ring substituents is 1. The Bertz CT molecular complexity index is 996. The molecule has 0 unspecified atom stereocenters. The lowest BCUT2D eigenvalue weighted by molar-refractivity contribution is -0.387. The Kier molecular flexibility index (Phi) is 5.60. The van der Waals surface area contributed by atoms with Gasteiger partial charge in [-0.3, -0.25) is 10.1 Å². The molecule has 3 rings (SSSR count). The maximum absolute atomic E-state index is 12.0. The van der Waals surface area contributed by atoms with Crippen LogP contribution in [0.2, 0.25) is 0 Å². The third-order valence-corrected chi connectivity index (χ3v) is 6.25. The van der Waals surface area contributed by atoms with Crippen molar-refractivity contribution in [3.63, 3.8) is 0 Å². The number of anilines is 1. The van der Waals surface area contributed by atoms with Crippen molar-refractivity contribution in [1.29, 1.82) is 0 Å². The number of sulfone groups is 1. The fraction of sp³-hybridized carbons (Fsp3) is 0.400. The molecule has 1 saturated heterocycles. The Labute approximate surface area is 165 Å². The van der Waals surface area contributed by atoms with Crippen molar-refractivity contribution in [3.8, 4) is 5.75 Å². The fourth-order valence-electron chi connectivity index (χ4n) is 3.44. The summed E-state index contributed by atoms with van der Waals surface area (Å²) in [6.07, 6.45) is 2.42. The summed E-state index contributed by atoms with van der Waals surface area (Å²) in [6.45, 7) is 5.21. The molecule has 150 valence electrons. The van der Waals surface area contributed by atoms with Gasteiger partial charge in [-0.2, -0.15) is 0 Å². The van der Waals surface area contributed by atoms with Crippen LogP contribution in [0.3, 0.4) is 0 Å². The highest BCUT2D eigenvalue weighted by atomic mass is 32.2. The van der Waals surface area contributed by atoms with Crippen LogP contribution in [0.1, 0.15) is 24.0 Å². The lowest BCUT2D eigenvalue weighted by Crippen LogP contribution is -2.38. The van der Waals surface area contributed by atoms with E-state index in [1.54, 1.807) is 12.1 Å². The third-order valence-electron chi connectivity index (χ3n) is 5.12. The van der Waals surface area contributed by atoms with Gasteiger partial charge in [0.2, 0.25) is 0 Å². The Hall–Kier alpha value is -2.61. The van der Waals surface area contributed by atoms with Gasteiger partial charge < -0.3 is 9.64 Å². The van der Waals surface area contributed by atoms with Crippen LogP contribution in [0.4, 0.5) is 11.4 Å². The van der Waals surface area contributed by atoms with Gasteiger partial charge in [-0.05, 0) is 49.2 Å². The van der Waals surface area contributed by atoms with Gasteiger partial charge in [0, 0.05) is 32.2 Å². The van der Waals surface area contributed by atoms with Crippen molar-refractivity contribution in [2.45, 2.75) is 37.7 Å². The first kappa shape index (κ1) is 20.1. The number of benzene rings is 2. The molecule has 0 saturated carbocycles. The van der Waals surface area contributed by atoms with Gasteiger partial charge in [-0.15, -0.1) is 0 Å². The van der Waals surface area contributed by atoms with Crippen molar-refractivity contribution in [2.75, 3.05) is 24.2 Å². The van der Waals surface area contributed by atoms with E-state index in [1.807, 2.05) is 30.0 Å². The SMILES string of the molecule is Cc1ccc(OC2CCN(c3cccc(S(C)(=O)=O)c3[N+](=O)[O-])CC2)cc1C. The van der Waals surface area contributed by atoms with E-state index in [-0.39, 0.29) is 16.7 Å². The zero-order valence-corrected chi connectivity index (χ0v) is 17.0. The molecule has 0 bridgehead atoms. The summed E-state index contributed by atoms with van der Waals surface area (Å²) in [7, 11) is -3.69. The molecule has 0 spiro atoms. The van der Waals surface area contributed by atoms with Crippen molar-refractivity contribution >= 4 is 21.2 Å². The standard InChI is InChI=1S/C20H24N2O5S/c1-14-7-8-17(13-15(14)2)27-16-9-11-21(12-10-16)18-5-4-6-19(28(3,25)26)20(18)22(23)24/h4-8,13,16H,9-12H2,1-3H3. The van der Waals surface area contributed by atoms with Crippen LogP contribution in [-0.4, -0.2) is 38.8 Å². The average Bonchev–Trinajstić information content (AvgIpc) is 2.64. The second kappa shape index (κ2) is 7.79. The van der Waals surface area contributed by atoms with E-state index in [0.29, 0.717) is 31.6 Å². The molecule has 1 aliphatic heterocycles. The van der Waals surface area contributed by atoms with Crippen LogP contribution in [0.25, 0.3) is 0 Å². The van der Waals surface area contributed by atoms with E-state index in [0.717, 1.165) is 12.0 Å². The molecule has 0 atom stereocenters. The third kappa shape index (κ3) is 4.27. The minimum Gasteiger partial charge on any atom is -0.490 e. The van der Waals surface area contributed by atoms with Gasteiger partial charge >= 0.3 is 5.69 Å². The molecule has 1 heterocycles. The van der Waals surface area contributed by atoms with E-state index in [4.69, 9.17) is 4.74 Å². The smallest absolute Gasteiger partial charge is 0.311 e. The molecular formula is C20H24N2O5S. The lowest BCUT2D eigenvalue weighted by Gasteiger charge is -2.33. The minimum atomic E-state index is -3.69. The zero-order valence-electron chi connectivity index (χ0n) is 16.2. The van der Waals surface area contributed by atoms with E-state index < -0.39 is 14.8 Å². The fourth-order valence-corrected chi connectivity index (χ4v) is 4.30. The highest BCUT2D eigenvalue weighted by Crippen LogP contribution is 2.36. The monoisotopic (exact) mass is 404 g/mol. The largest absolute Gasteiger partial charge is 0.490 e. The molecule has 8 heteroatoms. The minimum absolute atomic E-state index is 0.0236. The number of hydrogen-bond acceptors (Lipinski definition) is 6. The average molecular weight is 404 g/mol. The first-order valence-electron chi connectivity index (χ1n) is 9.13. The number of aryl methyl sites for hydroxylation is 2. The summed E-state index contributed by atoms with van der Waals surface area (Å²) in [4.78, 5) is 12.6. The van der Waals surface area contributed by atoms with Gasteiger partial charge in [0.05, 0.1) is 4.92 Å². The normalized spacial score (nSPS) is 15.5. The number of ether oxygens (including phenoxy) is 1. The molecule has 2 aromatic carbocycles. The van der Waals surface area contributed by atoms with Gasteiger partial charge in [0.25, 0.3) is 0 Å². The van der Waals surface area contributed by atoms with Crippen molar-refractivity contribution in [2.24, 2.45) is 0 Å². The van der Waals surface area contributed by atoms with Crippen LogP contribution in [0.15, 0.2) is 41.3 Å². The van der Waals surface area contributed by atoms with Crippen molar-refractivity contribution < 1.29 is 18.1 Å². The molecular weight excluding hydrogens is 380 g/mol. The molecule has 0 N–H and O–H groups in total. The second-order valence-corrected chi connectivity index (χ2v) is 9.19. The zero-order chi connectivity index (χ0) is 20.5. The van der Waals surface area contributed by atoms with Gasteiger partial charge in [-0.1, -0.05) is 12.1 Å². The number of para-hydroxylation sites is 1. The van der Waals surface area contributed by atoms with E-state index in [9.17, 15) is 18.5 Å². The topological polar surface area (TPSA) is 89.8 Å². The summed E-state index contributed by atoms with van der Waals surface area (Å²) in [5, 5.41) is 11.6. The summed E-state index contributed by atoms with van der Waals surface area (Å²) >= 11 is 0. The molecule has 0 radical (unpaired) electrons. The Morgan fingerprint density at radius 2 is 1.79 bits per heavy atom. The van der Waals surface area contributed by atoms with Crippen LogP contribution >= 0.6 is 0 Å². The van der Waals surface area contributed by atoms with Crippen molar-refractivity contribution in [3.05, 3.63) is 57.6 Å². The summed E-state index contributed by atoms with van der Waals surface area (Å²) in [5.41, 5.74) is 2.37. The molecule has 1 aliphatic rings. The molecule has 1 fully saturated rings. The number of rotatable bonds is 5. The predicted octanol–water partition coefficient (Wildman–Crippen LogP) is 3.66. The van der Waals surface area contributed by atoms with Gasteiger partial charge in [-0.25, -0.2) is 8.42 Å². The molecule has 28 heavy (non-hydrogen) atoms. The van der Waals surface area contributed by atoms with Crippen LogP contribution in [0.5, 0.6) is 5.75 Å². The van der Waals surface area contributed by atoms with E-state index >= 15 is 0 Å². The molecule has 0 aromatic heterocycles. The summed E-state index contributed by atoms with van der Waals surface area (Å²) < 4.78 is 30.0. The Morgan fingerprint density at radius 1 is 1.11 bits per heavy atom. The van der Waals surface area contributed by atoms with Crippen LogP contribution in [0, 0.1) is 24.0 Å². The van der Waals surface area contributed by atoms with E-state index in [1.165, 1.54) is 17.2 Å². The summed E-state index contributed by atoms with van der Waals surface area (Å²) in [6, 6.07) is 10.4. The quantitative estimate of drug-likeness (QED) is 0.558. The number of nitro groups is 1. The highest BCUT2D eigenvalue weighted by molar-refractivity contribution is 7.90. The highest BCUT2D eigenvalue weighted by Gasteiger charge is 2.31. The number of hydrogen-bond donors (Lipinski definition) is 0. The summed E-state index contributed by atoms with van der Waals surface area (Å²) in [5.74, 6) is 0.826. The molecule has 2 aromatic rings. The van der Waals surface area contributed by atoms with Crippen LogP contribution < -0.4 is 9.64 Å². The van der Waals surface area contributed by atoms with Gasteiger partial charge in [0.15, 0.2) is 9.84 Å². The maximum atomic E-state index is 12.0.